The van der Waals surface area contributed by atoms with Crippen LogP contribution in [0.4, 0.5) is 5.69 Å². The zero-order valence-electron chi connectivity index (χ0n) is 15.2. The minimum atomic E-state index is 0.708. The van der Waals surface area contributed by atoms with Crippen LogP contribution in [0.15, 0.2) is 46.6 Å². The topological polar surface area (TPSA) is 48.8 Å². The van der Waals surface area contributed by atoms with E-state index in [9.17, 15) is 0 Å². The van der Waals surface area contributed by atoms with Crippen LogP contribution < -0.4 is 10.6 Å². The summed E-state index contributed by atoms with van der Waals surface area (Å²) in [5.74, 6) is 0. The van der Waals surface area contributed by atoms with Crippen LogP contribution in [-0.4, -0.2) is 20.6 Å². The molecule has 0 fully saturated rings. The van der Waals surface area contributed by atoms with Crippen molar-refractivity contribution in [3.63, 3.8) is 0 Å². The highest BCUT2D eigenvalue weighted by molar-refractivity contribution is 5.47. The lowest BCUT2D eigenvalue weighted by Gasteiger charge is -2.07. The number of hydrogen-bond donors (Lipinski definition) is 2. The fourth-order valence-electron chi connectivity index (χ4n) is 2.68. The molecule has 2 aromatic rings. The van der Waals surface area contributed by atoms with Crippen LogP contribution >= 0.6 is 0 Å². The van der Waals surface area contributed by atoms with Gasteiger partial charge in [0.05, 0.1) is 12.2 Å². The van der Waals surface area contributed by atoms with Crippen LogP contribution in [0.2, 0.25) is 0 Å². The van der Waals surface area contributed by atoms with Crippen molar-refractivity contribution in [2.24, 2.45) is 10.2 Å². The van der Waals surface area contributed by atoms with Gasteiger partial charge in [-0.3, -0.25) is 0 Å². The van der Waals surface area contributed by atoms with Gasteiger partial charge in [0, 0.05) is 13.1 Å². The molecule has 0 saturated heterocycles. The molecular weight excluding hydrogens is 296 g/mol. The Kier molecular flexibility index (Phi) is 7.09. The van der Waals surface area contributed by atoms with Gasteiger partial charge >= 0.3 is 0 Å². The highest BCUT2D eigenvalue weighted by atomic mass is 15.1. The molecule has 0 unspecified atom stereocenters. The van der Waals surface area contributed by atoms with Crippen molar-refractivity contribution in [2.45, 2.75) is 33.4 Å². The molecular formula is C20H28N4. The van der Waals surface area contributed by atoms with E-state index in [-0.39, 0.29) is 0 Å². The third-order valence-corrected chi connectivity index (χ3v) is 4.11. The molecule has 4 nitrogen and oxygen atoms in total. The van der Waals surface area contributed by atoms with E-state index >= 15 is 0 Å². The van der Waals surface area contributed by atoms with Crippen molar-refractivity contribution in [3.05, 3.63) is 64.2 Å². The number of nitrogens with zero attached hydrogens (tertiary/aromatic N) is 2. The normalized spacial score (nSPS) is 11.3. The molecule has 0 radical (unpaired) electrons. The van der Waals surface area contributed by atoms with E-state index in [2.05, 4.69) is 71.1 Å². The lowest BCUT2D eigenvalue weighted by atomic mass is 10.0. The lowest BCUT2D eigenvalue weighted by molar-refractivity contribution is 0.811. The van der Waals surface area contributed by atoms with Crippen molar-refractivity contribution >= 4 is 5.69 Å². The first kappa shape index (κ1) is 18.3. The van der Waals surface area contributed by atoms with Crippen LogP contribution in [0.5, 0.6) is 0 Å². The Morgan fingerprint density at radius 3 is 2.12 bits per heavy atom. The van der Waals surface area contributed by atoms with Gasteiger partial charge in [-0.1, -0.05) is 30.3 Å². The Bertz CT molecular complexity index is 692. The molecule has 2 aromatic carbocycles. The first-order valence-corrected chi connectivity index (χ1v) is 8.48. The smallest absolute Gasteiger partial charge is 0.0884 e. The van der Waals surface area contributed by atoms with E-state index in [0.29, 0.717) is 6.54 Å². The standard InChI is InChI=1S/C20H28N4/c1-15-5-7-17(13-21-3)11-19(15)9-10-23-24-20-12-18(14-22-4)8-6-16(20)2/h5-8,11-12,21-22H,9-10,13-14H2,1-4H3. The van der Waals surface area contributed by atoms with Gasteiger partial charge in [-0.05, 0) is 68.2 Å². The Morgan fingerprint density at radius 2 is 1.46 bits per heavy atom. The van der Waals surface area contributed by atoms with Crippen LogP contribution in [-0.2, 0) is 19.5 Å². The van der Waals surface area contributed by atoms with E-state index < -0.39 is 0 Å². The average Bonchev–Trinajstić information content (AvgIpc) is 2.57. The molecule has 0 spiro atoms. The second-order valence-electron chi connectivity index (χ2n) is 6.16. The molecule has 0 atom stereocenters. The maximum absolute atomic E-state index is 4.44. The largest absolute Gasteiger partial charge is 0.316 e. The first-order valence-electron chi connectivity index (χ1n) is 8.48. The summed E-state index contributed by atoms with van der Waals surface area (Å²) >= 11 is 0. The molecule has 0 aromatic heterocycles. The van der Waals surface area contributed by atoms with Gasteiger partial charge < -0.3 is 10.6 Å². The molecule has 128 valence electrons. The summed E-state index contributed by atoms with van der Waals surface area (Å²) in [6.45, 7) is 6.68. The number of nitrogens with one attached hydrogen (secondary N) is 2. The molecule has 0 saturated carbocycles. The van der Waals surface area contributed by atoms with Gasteiger partial charge in [0.1, 0.15) is 0 Å². The van der Waals surface area contributed by atoms with Crippen molar-refractivity contribution < 1.29 is 0 Å². The van der Waals surface area contributed by atoms with E-state index in [1.54, 1.807) is 0 Å². The molecule has 2 rings (SSSR count). The molecule has 0 aliphatic heterocycles. The summed E-state index contributed by atoms with van der Waals surface area (Å²) in [6, 6.07) is 13.0. The number of rotatable bonds is 8. The zero-order chi connectivity index (χ0) is 17.4. The quantitative estimate of drug-likeness (QED) is 0.719. The maximum atomic E-state index is 4.44. The fraction of sp³-hybridized carbons (Fsp3) is 0.400. The Balaban J connectivity index is 2.00. The molecule has 0 amide bonds. The minimum Gasteiger partial charge on any atom is -0.316 e. The Morgan fingerprint density at radius 1 is 0.833 bits per heavy atom. The minimum absolute atomic E-state index is 0.708. The third-order valence-electron chi connectivity index (χ3n) is 4.11. The SMILES string of the molecule is CNCc1ccc(C)c(CCN=Nc2cc(CNC)ccc2C)c1. The van der Waals surface area contributed by atoms with Gasteiger partial charge in [0.15, 0.2) is 0 Å². The molecule has 0 aliphatic rings. The Labute approximate surface area is 145 Å². The van der Waals surface area contributed by atoms with Crippen LogP contribution in [0.25, 0.3) is 0 Å². The van der Waals surface area contributed by atoms with E-state index in [1.807, 2.05) is 14.1 Å². The van der Waals surface area contributed by atoms with E-state index in [1.165, 1.54) is 22.3 Å². The van der Waals surface area contributed by atoms with Crippen molar-refractivity contribution in [3.8, 4) is 0 Å². The predicted molar refractivity (Wildman–Crippen MR) is 101 cm³/mol. The first-order chi connectivity index (χ1) is 11.6. The maximum Gasteiger partial charge on any atom is 0.0884 e. The summed E-state index contributed by atoms with van der Waals surface area (Å²) in [5.41, 5.74) is 7.33. The van der Waals surface area contributed by atoms with Gasteiger partial charge in [-0.25, -0.2) is 0 Å². The monoisotopic (exact) mass is 324 g/mol. The average molecular weight is 324 g/mol. The predicted octanol–water partition coefficient (Wildman–Crippen LogP) is 4.07. The Hall–Kier alpha value is -2.04. The van der Waals surface area contributed by atoms with Crippen molar-refractivity contribution in [1.29, 1.82) is 0 Å². The number of hydrogen-bond acceptors (Lipinski definition) is 4. The van der Waals surface area contributed by atoms with Crippen LogP contribution in [0.3, 0.4) is 0 Å². The summed E-state index contributed by atoms with van der Waals surface area (Å²) in [7, 11) is 3.92. The van der Waals surface area contributed by atoms with E-state index in [0.717, 1.165) is 30.8 Å². The van der Waals surface area contributed by atoms with Crippen molar-refractivity contribution in [2.75, 3.05) is 20.6 Å². The number of aryl methyl sites for hydroxylation is 2. The van der Waals surface area contributed by atoms with Crippen molar-refractivity contribution in [1.82, 2.24) is 10.6 Å². The van der Waals surface area contributed by atoms with Gasteiger partial charge in [0.2, 0.25) is 0 Å². The van der Waals surface area contributed by atoms with Gasteiger partial charge in [-0.2, -0.15) is 10.2 Å². The molecule has 4 heteroatoms. The fourth-order valence-corrected chi connectivity index (χ4v) is 2.68. The second kappa shape index (κ2) is 9.30. The van der Waals surface area contributed by atoms with Gasteiger partial charge in [-0.15, -0.1) is 0 Å². The summed E-state index contributed by atoms with van der Waals surface area (Å²) in [6.07, 6.45) is 0.919. The third kappa shape index (κ3) is 5.25. The molecule has 24 heavy (non-hydrogen) atoms. The molecule has 0 bridgehead atoms. The molecule has 0 heterocycles. The number of azo groups is 1. The highest BCUT2D eigenvalue weighted by Gasteiger charge is 2.01. The highest BCUT2D eigenvalue weighted by Crippen LogP contribution is 2.21. The summed E-state index contributed by atoms with van der Waals surface area (Å²) in [5, 5.41) is 15.2. The number of benzene rings is 2. The van der Waals surface area contributed by atoms with Crippen LogP contribution in [0.1, 0.15) is 27.8 Å². The lowest BCUT2D eigenvalue weighted by Crippen LogP contribution is -2.06. The molecule has 0 aliphatic carbocycles. The van der Waals surface area contributed by atoms with Crippen LogP contribution in [0, 0.1) is 13.8 Å². The second-order valence-corrected chi connectivity index (χ2v) is 6.16. The van der Waals surface area contributed by atoms with Gasteiger partial charge in [0.25, 0.3) is 0 Å². The molecule has 2 N–H and O–H groups in total. The summed E-state index contributed by atoms with van der Waals surface area (Å²) < 4.78 is 0. The zero-order valence-corrected chi connectivity index (χ0v) is 15.2. The van der Waals surface area contributed by atoms with E-state index in [4.69, 9.17) is 0 Å². The summed E-state index contributed by atoms with van der Waals surface area (Å²) in [4.78, 5) is 0.